The van der Waals surface area contributed by atoms with Crippen molar-refractivity contribution in [2.45, 2.75) is 30.4 Å². The Balaban J connectivity index is 2.20. The average molecular weight is 229 g/mol. The van der Waals surface area contributed by atoms with Gasteiger partial charge in [-0.2, -0.15) is 11.8 Å². The number of hydrogen-bond donors (Lipinski definition) is 2. The summed E-state index contributed by atoms with van der Waals surface area (Å²) >= 11 is 1.94. The van der Waals surface area contributed by atoms with E-state index >= 15 is 0 Å². The topological polar surface area (TPSA) is 49.3 Å². The smallest absolute Gasteiger partial charge is 0.328 e. The summed E-state index contributed by atoms with van der Waals surface area (Å²) in [7, 11) is 0. The Hall–Kier alpha value is -0.480. The van der Waals surface area contributed by atoms with Crippen molar-refractivity contribution in [1.29, 1.82) is 0 Å². The summed E-state index contributed by atoms with van der Waals surface area (Å²) in [6.45, 7) is 1.63. The summed E-state index contributed by atoms with van der Waals surface area (Å²) in [6.07, 6.45) is 10.2. The first-order valence-electron chi connectivity index (χ1n) is 5.34. The lowest BCUT2D eigenvalue weighted by Crippen LogP contribution is -2.35. The number of aliphatic carboxylic acids is 1. The van der Waals surface area contributed by atoms with E-state index in [1.54, 1.807) is 6.08 Å². The third-order valence-electron chi connectivity index (χ3n) is 2.92. The Morgan fingerprint density at radius 2 is 2.20 bits per heavy atom. The van der Waals surface area contributed by atoms with E-state index in [0.717, 1.165) is 6.54 Å². The maximum Gasteiger partial charge on any atom is 0.328 e. The molecule has 1 fully saturated rings. The van der Waals surface area contributed by atoms with Gasteiger partial charge in [-0.25, -0.2) is 4.79 Å². The Labute approximate surface area is 95.3 Å². The van der Waals surface area contributed by atoms with Gasteiger partial charge in [0.1, 0.15) is 0 Å². The van der Waals surface area contributed by atoms with Crippen molar-refractivity contribution >= 4 is 17.7 Å². The van der Waals surface area contributed by atoms with E-state index in [0.29, 0.717) is 11.3 Å². The van der Waals surface area contributed by atoms with Crippen LogP contribution in [0, 0.1) is 0 Å². The average Bonchev–Trinajstić information content (AvgIpc) is 2.66. The highest BCUT2D eigenvalue weighted by Gasteiger charge is 2.32. The molecule has 0 saturated heterocycles. The zero-order valence-corrected chi connectivity index (χ0v) is 9.98. The summed E-state index contributed by atoms with van der Waals surface area (Å²) < 4.78 is 0.400. The molecular formula is C11H19NO2S. The van der Waals surface area contributed by atoms with Crippen LogP contribution in [0.1, 0.15) is 25.7 Å². The number of nitrogens with one attached hydrogen (secondary N) is 1. The van der Waals surface area contributed by atoms with Gasteiger partial charge in [-0.3, -0.25) is 0 Å². The lowest BCUT2D eigenvalue weighted by Gasteiger charge is -2.26. The summed E-state index contributed by atoms with van der Waals surface area (Å²) in [6, 6.07) is 0. The summed E-state index contributed by atoms with van der Waals surface area (Å²) in [5.74, 6) is -0.878. The number of carboxylic acids is 1. The molecule has 86 valence electrons. The zero-order chi connectivity index (χ0) is 11.1. The summed E-state index contributed by atoms with van der Waals surface area (Å²) in [5, 5.41) is 11.7. The van der Waals surface area contributed by atoms with Crippen LogP contribution in [0.2, 0.25) is 0 Å². The fraction of sp³-hybridized carbons (Fsp3) is 0.727. The van der Waals surface area contributed by atoms with Gasteiger partial charge in [-0.1, -0.05) is 18.9 Å². The number of rotatable bonds is 6. The molecule has 0 aromatic carbocycles. The monoisotopic (exact) mass is 229 g/mol. The van der Waals surface area contributed by atoms with Crippen LogP contribution in [0.25, 0.3) is 0 Å². The molecule has 0 aromatic rings. The lowest BCUT2D eigenvalue weighted by molar-refractivity contribution is -0.131. The van der Waals surface area contributed by atoms with E-state index in [4.69, 9.17) is 5.11 Å². The molecule has 0 unspecified atom stereocenters. The molecule has 2 N–H and O–H groups in total. The highest BCUT2D eigenvalue weighted by Crippen LogP contribution is 2.39. The largest absolute Gasteiger partial charge is 0.478 e. The number of carboxylic acid groups (broad SMARTS) is 1. The molecule has 0 aromatic heterocycles. The van der Waals surface area contributed by atoms with Crippen molar-refractivity contribution in [3.63, 3.8) is 0 Å². The van der Waals surface area contributed by atoms with Gasteiger partial charge in [0.25, 0.3) is 0 Å². The molecule has 15 heavy (non-hydrogen) atoms. The van der Waals surface area contributed by atoms with Crippen molar-refractivity contribution in [1.82, 2.24) is 5.32 Å². The molecule has 0 aliphatic heterocycles. The fourth-order valence-electron chi connectivity index (χ4n) is 2.02. The predicted molar refractivity (Wildman–Crippen MR) is 64.4 cm³/mol. The van der Waals surface area contributed by atoms with Crippen molar-refractivity contribution in [3.8, 4) is 0 Å². The second kappa shape index (κ2) is 6.18. The van der Waals surface area contributed by atoms with E-state index in [1.807, 2.05) is 11.8 Å². The van der Waals surface area contributed by atoms with Gasteiger partial charge in [0.05, 0.1) is 0 Å². The Kier molecular flexibility index (Phi) is 5.19. The van der Waals surface area contributed by atoms with E-state index in [2.05, 4.69) is 11.6 Å². The van der Waals surface area contributed by atoms with Crippen LogP contribution in [0.3, 0.4) is 0 Å². The molecule has 1 rings (SSSR count). The first-order valence-corrected chi connectivity index (χ1v) is 6.56. The van der Waals surface area contributed by atoms with Gasteiger partial charge in [0, 0.05) is 23.9 Å². The molecule has 1 aliphatic carbocycles. The van der Waals surface area contributed by atoms with Crippen LogP contribution in [0.15, 0.2) is 12.2 Å². The second-order valence-corrected chi connectivity index (χ2v) is 5.24. The molecule has 1 aliphatic rings. The third kappa shape index (κ3) is 4.26. The highest BCUT2D eigenvalue weighted by atomic mass is 32.2. The van der Waals surface area contributed by atoms with Crippen molar-refractivity contribution in [3.05, 3.63) is 12.2 Å². The minimum absolute atomic E-state index is 0.400. The maximum atomic E-state index is 10.2. The first-order chi connectivity index (χ1) is 7.18. The van der Waals surface area contributed by atoms with Crippen molar-refractivity contribution in [2.24, 2.45) is 0 Å². The Morgan fingerprint density at radius 3 is 2.73 bits per heavy atom. The van der Waals surface area contributed by atoms with Crippen LogP contribution in [0.5, 0.6) is 0 Å². The van der Waals surface area contributed by atoms with Gasteiger partial charge in [-0.05, 0) is 19.1 Å². The fourth-order valence-corrected chi connectivity index (χ4v) is 2.96. The molecule has 0 atom stereocenters. The second-order valence-electron chi connectivity index (χ2n) is 3.97. The molecule has 0 heterocycles. The Morgan fingerprint density at radius 1 is 1.53 bits per heavy atom. The molecule has 0 bridgehead atoms. The van der Waals surface area contributed by atoms with Crippen molar-refractivity contribution in [2.75, 3.05) is 19.3 Å². The molecule has 0 amide bonds. The van der Waals surface area contributed by atoms with Gasteiger partial charge in [-0.15, -0.1) is 0 Å². The molecule has 1 saturated carbocycles. The van der Waals surface area contributed by atoms with Crippen LogP contribution in [-0.2, 0) is 4.79 Å². The molecule has 0 radical (unpaired) electrons. The van der Waals surface area contributed by atoms with E-state index in [-0.39, 0.29) is 0 Å². The normalized spacial score (nSPS) is 19.8. The standard InChI is InChI=1S/C11H19NO2S/c1-15-11(6-2-3-7-11)9-12-8-4-5-10(13)14/h4-5,12H,2-3,6-9H2,1H3,(H,13,14)/b5-4+. The molecular weight excluding hydrogens is 210 g/mol. The van der Waals surface area contributed by atoms with Crippen LogP contribution in [0.4, 0.5) is 0 Å². The SMILES string of the molecule is CSC1(CNC/C=C/C(=O)O)CCCC1. The van der Waals surface area contributed by atoms with Gasteiger partial charge in [0.15, 0.2) is 0 Å². The number of carbonyl (C=O) groups is 1. The lowest BCUT2D eigenvalue weighted by atomic mass is 10.1. The zero-order valence-electron chi connectivity index (χ0n) is 9.16. The van der Waals surface area contributed by atoms with Crippen LogP contribution in [-0.4, -0.2) is 35.2 Å². The maximum absolute atomic E-state index is 10.2. The van der Waals surface area contributed by atoms with Gasteiger partial charge >= 0.3 is 5.97 Å². The third-order valence-corrected chi connectivity index (χ3v) is 4.34. The van der Waals surface area contributed by atoms with E-state index < -0.39 is 5.97 Å². The van der Waals surface area contributed by atoms with Crippen molar-refractivity contribution < 1.29 is 9.90 Å². The van der Waals surface area contributed by atoms with Gasteiger partial charge < -0.3 is 10.4 Å². The van der Waals surface area contributed by atoms with Gasteiger partial charge in [0.2, 0.25) is 0 Å². The van der Waals surface area contributed by atoms with E-state index in [1.165, 1.54) is 31.8 Å². The molecule has 3 nitrogen and oxygen atoms in total. The minimum Gasteiger partial charge on any atom is -0.478 e. The van der Waals surface area contributed by atoms with Crippen LogP contribution < -0.4 is 5.32 Å². The summed E-state index contributed by atoms with van der Waals surface area (Å²) in [4.78, 5) is 10.2. The molecule has 4 heteroatoms. The first kappa shape index (κ1) is 12.6. The molecule has 0 spiro atoms. The predicted octanol–water partition coefficient (Wildman–Crippen LogP) is 1.89. The van der Waals surface area contributed by atoms with E-state index in [9.17, 15) is 4.79 Å². The highest BCUT2D eigenvalue weighted by molar-refractivity contribution is 8.00. The number of hydrogen-bond acceptors (Lipinski definition) is 3. The van der Waals surface area contributed by atoms with Crippen LogP contribution >= 0.6 is 11.8 Å². The summed E-state index contributed by atoms with van der Waals surface area (Å²) in [5.41, 5.74) is 0. The Bertz CT molecular complexity index is 235. The quantitative estimate of drug-likeness (QED) is 0.539. The number of thioether (sulfide) groups is 1. The minimum atomic E-state index is -0.878.